The van der Waals surface area contributed by atoms with Crippen molar-refractivity contribution in [1.29, 1.82) is 0 Å². The number of ether oxygens (including phenoxy) is 2. The Bertz CT molecular complexity index is 418. The van der Waals surface area contributed by atoms with Gasteiger partial charge >= 0.3 is 0 Å². The summed E-state index contributed by atoms with van der Waals surface area (Å²) in [4.78, 5) is 0. The average molecular weight is 391 g/mol. The largest absolute Gasteiger partial charge is 0.376 e. The molecule has 0 aliphatic rings. The molecule has 1 rings (SSSR count). The summed E-state index contributed by atoms with van der Waals surface area (Å²) in [5.74, 6) is 0. The Morgan fingerprint density at radius 3 is 1.71 bits per heavy atom. The lowest BCUT2D eigenvalue weighted by molar-refractivity contribution is -0.0132. The Morgan fingerprint density at radius 2 is 1.18 bits per heavy atom. The normalized spacial score (nSPS) is 12.4. The summed E-state index contributed by atoms with van der Waals surface area (Å²) in [5.41, 5.74) is 1.22. The number of hydrogen-bond acceptors (Lipinski definition) is 2. The number of unbranched alkanes of at least 4 members (excludes halogenated alkanes) is 13. The highest BCUT2D eigenvalue weighted by molar-refractivity contribution is 5.13. The summed E-state index contributed by atoms with van der Waals surface area (Å²) in [7, 11) is 0. The van der Waals surface area contributed by atoms with Crippen molar-refractivity contribution >= 4 is 0 Å². The molecule has 0 heterocycles. The van der Waals surface area contributed by atoms with Gasteiger partial charge in [0.05, 0.1) is 19.3 Å². The number of rotatable bonds is 20. The molecule has 0 saturated heterocycles. The van der Waals surface area contributed by atoms with Crippen LogP contribution in [-0.2, 0) is 16.1 Å². The van der Waals surface area contributed by atoms with E-state index in [1.807, 2.05) is 18.2 Å². The SMILES string of the molecule is CCCCCCCCCCCCCCCCO[C@H](C)COCc1ccccc1. The first-order chi connectivity index (χ1) is 13.8. The highest BCUT2D eigenvalue weighted by Gasteiger charge is 2.02. The van der Waals surface area contributed by atoms with E-state index in [0.717, 1.165) is 6.61 Å². The van der Waals surface area contributed by atoms with E-state index in [2.05, 4.69) is 26.0 Å². The maximum atomic E-state index is 5.86. The Morgan fingerprint density at radius 1 is 0.679 bits per heavy atom. The van der Waals surface area contributed by atoms with Crippen molar-refractivity contribution < 1.29 is 9.47 Å². The van der Waals surface area contributed by atoms with Crippen LogP contribution in [-0.4, -0.2) is 19.3 Å². The van der Waals surface area contributed by atoms with Crippen LogP contribution in [0.3, 0.4) is 0 Å². The summed E-state index contributed by atoms with van der Waals surface area (Å²) in [6, 6.07) is 10.3. The first kappa shape index (κ1) is 25.2. The van der Waals surface area contributed by atoms with E-state index < -0.39 is 0 Å². The third-order valence-electron chi connectivity index (χ3n) is 5.36. The lowest BCUT2D eigenvalue weighted by Crippen LogP contribution is -2.16. The van der Waals surface area contributed by atoms with E-state index in [-0.39, 0.29) is 6.10 Å². The smallest absolute Gasteiger partial charge is 0.0780 e. The van der Waals surface area contributed by atoms with E-state index in [9.17, 15) is 0 Å². The fourth-order valence-electron chi connectivity index (χ4n) is 3.55. The van der Waals surface area contributed by atoms with E-state index in [1.54, 1.807) is 0 Å². The Balaban J connectivity index is 1.75. The second-order valence-corrected chi connectivity index (χ2v) is 8.28. The molecule has 0 radical (unpaired) electrons. The second-order valence-electron chi connectivity index (χ2n) is 8.28. The van der Waals surface area contributed by atoms with Crippen LogP contribution in [0.25, 0.3) is 0 Å². The average Bonchev–Trinajstić information content (AvgIpc) is 2.71. The van der Waals surface area contributed by atoms with Crippen molar-refractivity contribution in [3.63, 3.8) is 0 Å². The van der Waals surface area contributed by atoms with Gasteiger partial charge in [0.2, 0.25) is 0 Å². The predicted octanol–water partition coefficient (Wildman–Crippen LogP) is 8.09. The van der Waals surface area contributed by atoms with Crippen molar-refractivity contribution in [3.8, 4) is 0 Å². The van der Waals surface area contributed by atoms with Gasteiger partial charge in [-0.2, -0.15) is 0 Å². The zero-order chi connectivity index (χ0) is 20.1. The molecule has 28 heavy (non-hydrogen) atoms. The van der Waals surface area contributed by atoms with Crippen molar-refractivity contribution in [1.82, 2.24) is 0 Å². The van der Waals surface area contributed by atoms with Gasteiger partial charge in [-0.25, -0.2) is 0 Å². The minimum absolute atomic E-state index is 0.186. The molecule has 0 fully saturated rings. The molecule has 0 bridgehead atoms. The molecule has 0 saturated carbocycles. The molecule has 0 spiro atoms. The van der Waals surface area contributed by atoms with Gasteiger partial charge in [0, 0.05) is 6.61 Å². The first-order valence-corrected chi connectivity index (χ1v) is 12.1. The van der Waals surface area contributed by atoms with Crippen LogP contribution in [0.2, 0.25) is 0 Å². The topological polar surface area (TPSA) is 18.5 Å². The molecule has 0 amide bonds. The van der Waals surface area contributed by atoms with Crippen LogP contribution in [0.5, 0.6) is 0 Å². The summed E-state index contributed by atoms with van der Waals surface area (Å²) >= 11 is 0. The lowest BCUT2D eigenvalue weighted by atomic mass is 10.0. The predicted molar refractivity (Wildman–Crippen MR) is 122 cm³/mol. The number of benzene rings is 1. The summed E-state index contributed by atoms with van der Waals surface area (Å²) in [6.07, 6.45) is 19.7. The Kier molecular flexibility index (Phi) is 17.5. The van der Waals surface area contributed by atoms with Gasteiger partial charge in [-0.05, 0) is 18.9 Å². The Labute approximate surface area is 175 Å². The molecule has 1 atom stereocenters. The van der Waals surface area contributed by atoms with Crippen LogP contribution in [0, 0.1) is 0 Å². The summed E-state index contributed by atoms with van der Waals surface area (Å²) in [5, 5.41) is 0. The zero-order valence-electron chi connectivity index (χ0n) is 18.8. The van der Waals surface area contributed by atoms with Gasteiger partial charge in [-0.1, -0.05) is 121 Å². The second kappa shape index (κ2) is 19.5. The number of hydrogen-bond donors (Lipinski definition) is 0. The standard InChI is InChI=1S/C26H46O2/c1-3-4-5-6-7-8-9-10-11-12-13-14-15-19-22-28-25(2)23-27-24-26-20-17-16-18-21-26/h16-18,20-21,25H,3-15,19,22-24H2,1-2H3/t25-/m1/s1. The van der Waals surface area contributed by atoms with Crippen molar-refractivity contribution in [2.24, 2.45) is 0 Å². The zero-order valence-corrected chi connectivity index (χ0v) is 18.8. The molecule has 0 aliphatic heterocycles. The maximum absolute atomic E-state index is 5.86. The minimum Gasteiger partial charge on any atom is -0.376 e. The monoisotopic (exact) mass is 390 g/mol. The van der Waals surface area contributed by atoms with E-state index in [0.29, 0.717) is 13.2 Å². The van der Waals surface area contributed by atoms with Crippen molar-refractivity contribution in [2.45, 2.75) is 116 Å². The van der Waals surface area contributed by atoms with E-state index in [4.69, 9.17) is 9.47 Å². The van der Waals surface area contributed by atoms with Gasteiger partial charge < -0.3 is 9.47 Å². The quantitative estimate of drug-likeness (QED) is 0.209. The van der Waals surface area contributed by atoms with Gasteiger partial charge in [0.1, 0.15) is 0 Å². The molecule has 0 N–H and O–H groups in total. The molecular formula is C26H46O2. The highest BCUT2D eigenvalue weighted by Crippen LogP contribution is 2.13. The molecule has 2 heteroatoms. The molecule has 0 aliphatic carbocycles. The van der Waals surface area contributed by atoms with Crippen LogP contribution >= 0.6 is 0 Å². The fourth-order valence-corrected chi connectivity index (χ4v) is 3.55. The highest BCUT2D eigenvalue weighted by atomic mass is 16.5. The molecule has 0 unspecified atom stereocenters. The van der Waals surface area contributed by atoms with Crippen LogP contribution in [0.15, 0.2) is 30.3 Å². The first-order valence-electron chi connectivity index (χ1n) is 12.1. The van der Waals surface area contributed by atoms with Crippen molar-refractivity contribution in [3.05, 3.63) is 35.9 Å². The van der Waals surface area contributed by atoms with Gasteiger partial charge in [-0.15, -0.1) is 0 Å². The molecule has 2 nitrogen and oxygen atoms in total. The Hall–Kier alpha value is -0.860. The third kappa shape index (κ3) is 16.1. The lowest BCUT2D eigenvalue weighted by Gasteiger charge is -2.13. The molecule has 1 aromatic rings. The van der Waals surface area contributed by atoms with E-state index in [1.165, 1.54) is 95.5 Å². The van der Waals surface area contributed by atoms with Crippen molar-refractivity contribution in [2.75, 3.05) is 13.2 Å². The van der Waals surface area contributed by atoms with Gasteiger partial charge in [0.25, 0.3) is 0 Å². The van der Waals surface area contributed by atoms with Gasteiger partial charge in [0.15, 0.2) is 0 Å². The molecular weight excluding hydrogens is 344 g/mol. The third-order valence-corrected chi connectivity index (χ3v) is 5.36. The van der Waals surface area contributed by atoms with Crippen LogP contribution in [0.1, 0.15) is 109 Å². The maximum Gasteiger partial charge on any atom is 0.0780 e. The summed E-state index contributed by atoms with van der Waals surface area (Å²) in [6.45, 7) is 6.61. The minimum atomic E-state index is 0.186. The fraction of sp³-hybridized carbons (Fsp3) is 0.769. The van der Waals surface area contributed by atoms with Gasteiger partial charge in [-0.3, -0.25) is 0 Å². The van der Waals surface area contributed by atoms with Crippen LogP contribution < -0.4 is 0 Å². The molecule has 1 aromatic carbocycles. The van der Waals surface area contributed by atoms with Crippen LogP contribution in [0.4, 0.5) is 0 Å². The molecule has 162 valence electrons. The molecule has 0 aromatic heterocycles. The van der Waals surface area contributed by atoms with E-state index >= 15 is 0 Å². The summed E-state index contributed by atoms with van der Waals surface area (Å²) < 4.78 is 11.6.